The Bertz CT molecular complexity index is 1520. The minimum atomic E-state index is -5.08. The molecule has 6 N–H and O–H groups in total. The predicted octanol–water partition coefficient (Wildman–Crippen LogP) is 4.83. The van der Waals surface area contributed by atoms with Gasteiger partial charge in [0.15, 0.2) is 0 Å². The van der Waals surface area contributed by atoms with Gasteiger partial charge >= 0.3 is 18.2 Å². The van der Waals surface area contributed by atoms with E-state index in [4.69, 9.17) is 15.6 Å². The number of urea groups is 1. The summed E-state index contributed by atoms with van der Waals surface area (Å²) < 4.78 is 31.7. The van der Waals surface area contributed by atoms with E-state index in [1.54, 1.807) is 25.8 Å². The summed E-state index contributed by atoms with van der Waals surface area (Å²) in [7, 11) is 1.57. The fourth-order valence-electron chi connectivity index (χ4n) is 4.67. The van der Waals surface area contributed by atoms with E-state index in [2.05, 4.69) is 16.0 Å². The van der Waals surface area contributed by atoms with Crippen LogP contribution >= 0.6 is 0 Å². The van der Waals surface area contributed by atoms with Crippen molar-refractivity contribution in [2.75, 3.05) is 17.3 Å². The third-order valence-electron chi connectivity index (χ3n) is 6.75. The number of halogens is 3. The number of carbonyl (C=O) groups is 4. The van der Waals surface area contributed by atoms with Gasteiger partial charge in [-0.15, -0.1) is 0 Å². The van der Waals surface area contributed by atoms with Crippen LogP contribution in [0.2, 0.25) is 0 Å². The number of nitrogens with zero attached hydrogens (tertiary/aromatic N) is 1. The Morgan fingerprint density at radius 2 is 1.58 bits per heavy atom. The minimum absolute atomic E-state index is 0.137. The summed E-state index contributed by atoms with van der Waals surface area (Å²) in [5, 5.41) is 15.5. The molecule has 1 aliphatic heterocycles. The molecule has 0 spiro atoms. The molecule has 0 radical (unpaired) electrons. The molecule has 0 fully saturated rings. The lowest BCUT2D eigenvalue weighted by molar-refractivity contribution is -0.192. The van der Waals surface area contributed by atoms with E-state index >= 15 is 0 Å². The number of carboxylic acid groups (broad SMARTS) is 1. The average Bonchev–Trinajstić information content (AvgIpc) is 3.09. The van der Waals surface area contributed by atoms with Gasteiger partial charge in [-0.25, -0.2) is 9.59 Å². The Morgan fingerprint density at radius 1 is 0.978 bits per heavy atom. The first-order valence-electron chi connectivity index (χ1n) is 14.0. The molecule has 0 unspecified atom stereocenters. The summed E-state index contributed by atoms with van der Waals surface area (Å²) in [4.78, 5) is 48.9. The molecule has 1 atom stereocenters. The van der Waals surface area contributed by atoms with Crippen LogP contribution in [0.4, 0.5) is 29.3 Å². The molecule has 1 heterocycles. The van der Waals surface area contributed by atoms with Crippen molar-refractivity contribution < 1.29 is 37.5 Å². The highest BCUT2D eigenvalue weighted by atomic mass is 19.4. The monoisotopic (exact) mass is 627 g/mol. The molecular formula is C32H36F3N5O5. The maximum Gasteiger partial charge on any atom is 0.490 e. The molecule has 3 aromatic carbocycles. The van der Waals surface area contributed by atoms with Gasteiger partial charge in [0.25, 0.3) is 0 Å². The lowest BCUT2D eigenvalue weighted by Gasteiger charge is -2.27. The van der Waals surface area contributed by atoms with Gasteiger partial charge in [-0.1, -0.05) is 60.7 Å². The van der Waals surface area contributed by atoms with Crippen molar-refractivity contribution in [3.8, 4) is 11.1 Å². The van der Waals surface area contributed by atoms with E-state index in [-0.39, 0.29) is 24.3 Å². The van der Waals surface area contributed by atoms with Gasteiger partial charge < -0.3 is 31.7 Å². The number of anilines is 2. The number of amides is 4. The lowest BCUT2D eigenvalue weighted by Crippen LogP contribution is -2.49. The maximum atomic E-state index is 13.7. The summed E-state index contributed by atoms with van der Waals surface area (Å²) in [6, 6.07) is 22.5. The first-order valence-corrected chi connectivity index (χ1v) is 14.0. The molecule has 240 valence electrons. The molecule has 0 aromatic heterocycles. The molecule has 1 aliphatic rings. The van der Waals surface area contributed by atoms with E-state index in [9.17, 15) is 27.6 Å². The van der Waals surface area contributed by atoms with Gasteiger partial charge in [-0.2, -0.15) is 13.2 Å². The summed E-state index contributed by atoms with van der Waals surface area (Å²) >= 11 is 0. The number of aliphatic carboxylic acids is 1. The van der Waals surface area contributed by atoms with Crippen molar-refractivity contribution in [1.82, 2.24) is 10.6 Å². The van der Waals surface area contributed by atoms with Crippen LogP contribution < -0.4 is 26.6 Å². The van der Waals surface area contributed by atoms with Crippen LogP contribution in [-0.4, -0.2) is 53.7 Å². The Morgan fingerprint density at radius 3 is 2.18 bits per heavy atom. The number of nitrogens with two attached hydrogens (primary N) is 1. The molecule has 10 nitrogen and oxygen atoms in total. The summed E-state index contributed by atoms with van der Waals surface area (Å²) in [6.07, 6.45) is -3.73. The van der Waals surface area contributed by atoms with Crippen molar-refractivity contribution in [2.24, 2.45) is 5.73 Å². The zero-order valence-electron chi connectivity index (χ0n) is 25.1. The summed E-state index contributed by atoms with van der Waals surface area (Å²) in [5.41, 5.74) is 10.8. The van der Waals surface area contributed by atoms with Crippen LogP contribution in [0.3, 0.4) is 0 Å². The second kappa shape index (κ2) is 14.7. The van der Waals surface area contributed by atoms with Crippen LogP contribution in [-0.2, 0) is 27.3 Å². The zero-order valence-corrected chi connectivity index (χ0v) is 25.1. The number of carbonyl (C=O) groups excluding carboxylic acids is 3. The lowest BCUT2D eigenvalue weighted by atomic mass is 10.0. The van der Waals surface area contributed by atoms with Crippen molar-refractivity contribution in [2.45, 2.75) is 57.4 Å². The standard InChI is InChI=1S/C30H35N5O3.C2HF3O2/c1-30(2,31)18-27(36)33-25-17-16-22-8-4-7-11-26(22)35(28(25)37)19-20-12-14-21(15-13-20)23-9-5-6-10-24(23)34-29(38)32-3;3-2(4,5)1(6)7/h4-15,25H,16-19,31H2,1-3H3,(H,33,36)(H2,32,34,38);(H,6,7)/t25-;/m1./s1. The van der Waals surface area contributed by atoms with Crippen LogP contribution in [0, 0.1) is 0 Å². The first-order chi connectivity index (χ1) is 21.1. The number of benzene rings is 3. The van der Waals surface area contributed by atoms with E-state index in [1.807, 2.05) is 72.8 Å². The summed E-state index contributed by atoms with van der Waals surface area (Å²) in [5.74, 6) is -3.12. The molecule has 3 aromatic rings. The number of rotatable bonds is 7. The number of hydrogen-bond donors (Lipinski definition) is 5. The van der Waals surface area contributed by atoms with Gasteiger partial charge in [0.2, 0.25) is 11.8 Å². The molecule has 0 saturated heterocycles. The smallest absolute Gasteiger partial charge is 0.475 e. The molecule has 0 bridgehead atoms. The molecule has 0 saturated carbocycles. The molecule has 0 aliphatic carbocycles. The third-order valence-corrected chi connectivity index (χ3v) is 6.75. The molecule has 13 heteroatoms. The van der Waals surface area contributed by atoms with Gasteiger partial charge in [-0.3, -0.25) is 9.59 Å². The van der Waals surface area contributed by atoms with Gasteiger partial charge in [0.05, 0.1) is 12.2 Å². The van der Waals surface area contributed by atoms with Crippen LogP contribution in [0.25, 0.3) is 11.1 Å². The molecule has 4 amide bonds. The molecule has 4 rings (SSSR count). The zero-order chi connectivity index (χ0) is 33.4. The average molecular weight is 628 g/mol. The number of fused-ring (bicyclic) bond motifs is 1. The van der Waals surface area contributed by atoms with E-state index in [0.29, 0.717) is 25.1 Å². The SMILES string of the molecule is CNC(=O)Nc1ccccc1-c1ccc(CN2C(=O)[C@H](NC(=O)CC(C)(C)N)CCc3ccccc32)cc1.O=C(O)C(F)(F)F. The quantitative estimate of drug-likeness (QED) is 0.253. The number of hydrogen-bond acceptors (Lipinski definition) is 5. The maximum absolute atomic E-state index is 13.7. The van der Waals surface area contributed by atoms with Crippen molar-refractivity contribution in [3.05, 3.63) is 83.9 Å². The Hall–Kier alpha value is -4.91. The largest absolute Gasteiger partial charge is 0.490 e. The Balaban J connectivity index is 0.000000707. The second-order valence-corrected chi connectivity index (χ2v) is 11.1. The highest BCUT2D eigenvalue weighted by Crippen LogP contribution is 2.31. The van der Waals surface area contributed by atoms with Gasteiger partial charge in [0, 0.05) is 30.3 Å². The van der Waals surface area contributed by atoms with Crippen molar-refractivity contribution in [1.29, 1.82) is 0 Å². The molecular weight excluding hydrogens is 591 g/mol. The number of aryl methyl sites for hydroxylation is 1. The number of carboxylic acids is 1. The normalized spacial score (nSPS) is 14.7. The van der Waals surface area contributed by atoms with Crippen LogP contribution in [0.5, 0.6) is 0 Å². The second-order valence-electron chi connectivity index (χ2n) is 11.1. The number of nitrogens with one attached hydrogen (secondary N) is 3. The first kappa shape index (κ1) is 34.6. The van der Waals surface area contributed by atoms with Crippen molar-refractivity contribution >= 4 is 35.2 Å². The van der Waals surface area contributed by atoms with E-state index in [1.165, 1.54) is 0 Å². The van der Waals surface area contributed by atoms with E-state index < -0.39 is 23.7 Å². The Kier molecular flexibility index (Phi) is 11.3. The number of para-hydroxylation sites is 2. The fourth-order valence-corrected chi connectivity index (χ4v) is 4.67. The van der Waals surface area contributed by atoms with E-state index in [0.717, 1.165) is 27.9 Å². The van der Waals surface area contributed by atoms with Crippen LogP contribution in [0.15, 0.2) is 72.8 Å². The number of alkyl halides is 3. The third kappa shape index (κ3) is 10.1. The molecule has 45 heavy (non-hydrogen) atoms. The topological polar surface area (TPSA) is 154 Å². The fraction of sp³-hybridized carbons (Fsp3) is 0.312. The van der Waals surface area contributed by atoms with Crippen LogP contribution in [0.1, 0.15) is 37.8 Å². The van der Waals surface area contributed by atoms with Crippen molar-refractivity contribution in [3.63, 3.8) is 0 Å². The minimum Gasteiger partial charge on any atom is -0.475 e. The summed E-state index contributed by atoms with van der Waals surface area (Å²) in [6.45, 7) is 3.95. The Labute approximate surface area is 258 Å². The predicted molar refractivity (Wildman–Crippen MR) is 164 cm³/mol. The van der Waals surface area contributed by atoms with Gasteiger partial charge in [-0.05, 0) is 55.5 Å². The van der Waals surface area contributed by atoms with Gasteiger partial charge in [0.1, 0.15) is 6.04 Å². The highest BCUT2D eigenvalue weighted by Gasteiger charge is 2.38. The highest BCUT2D eigenvalue weighted by molar-refractivity contribution is 6.00.